The van der Waals surface area contributed by atoms with Crippen molar-refractivity contribution in [3.8, 4) is 0 Å². The van der Waals surface area contributed by atoms with Gasteiger partial charge in [-0.05, 0) is 30.5 Å². The van der Waals surface area contributed by atoms with Gasteiger partial charge in [-0.3, -0.25) is 9.69 Å². The molecule has 1 amide bonds. The first-order valence-corrected chi connectivity index (χ1v) is 7.34. The number of hydrogen-bond donors (Lipinski definition) is 2. The number of carbonyl (C=O) groups is 1. The molecule has 5 heteroatoms. The molecule has 0 radical (unpaired) electrons. The Bertz CT molecular complexity index is 473. The topological polar surface area (TPSA) is 52.6 Å². The predicted molar refractivity (Wildman–Crippen MR) is 79.8 cm³/mol. The third-order valence-corrected chi connectivity index (χ3v) is 3.92. The highest BCUT2D eigenvalue weighted by molar-refractivity contribution is 6.30. The minimum absolute atomic E-state index is 0.00480. The van der Waals surface area contributed by atoms with Crippen LogP contribution in [0.3, 0.4) is 0 Å². The minimum Gasteiger partial charge on any atom is -0.387 e. The van der Waals surface area contributed by atoms with Gasteiger partial charge in [0, 0.05) is 24.7 Å². The summed E-state index contributed by atoms with van der Waals surface area (Å²) >= 11 is 5.90. The number of nitrogens with zero attached hydrogens (tertiary/aromatic N) is 1. The molecule has 2 rings (SSSR count). The summed E-state index contributed by atoms with van der Waals surface area (Å²) in [5.74, 6) is 0.00480. The molecule has 110 valence electrons. The summed E-state index contributed by atoms with van der Waals surface area (Å²) in [5.41, 5.74) is 0.531. The quantitative estimate of drug-likeness (QED) is 0.835. The highest BCUT2D eigenvalue weighted by Gasteiger charge is 2.39. The van der Waals surface area contributed by atoms with E-state index in [4.69, 9.17) is 11.6 Å². The third-order valence-electron chi connectivity index (χ3n) is 3.69. The van der Waals surface area contributed by atoms with Crippen LogP contribution in [0.4, 0.5) is 0 Å². The number of likely N-dealkylation sites (tertiary alicyclic amines) is 1. The lowest BCUT2D eigenvalue weighted by Gasteiger charge is -2.45. The molecule has 0 spiro atoms. The molecule has 1 aliphatic heterocycles. The molecule has 1 fully saturated rings. The summed E-state index contributed by atoms with van der Waals surface area (Å²) < 4.78 is 0. The van der Waals surface area contributed by atoms with Gasteiger partial charge >= 0.3 is 0 Å². The fraction of sp³-hybridized carbons (Fsp3) is 0.533. The maximum absolute atomic E-state index is 11.7. The zero-order valence-corrected chi connectivity index (χ0v) is 12.5. The third kappa shape index (κ3) is 4.20. The molecular formula is C15H21ClN2O2. The number of benzene rings is 1. The second kappa shape index (κ2) is 6.57. The fourth-order valence-electron chi connectivity index (χ4n) is 2.42. The molecular weight excluding hydrogens is 276 g/mol. The molecule has 2 N–H and O–H groups in total. The van der Waals surface area contributed by atoms with Crippen LogP contribution >= 0.6 is 11.6 Å². The maximum Gasteiger partial charge on any atom is 0.234 e. The number of β-amino-alcohol motifs (C(OH)–C–C–N with tert-alkyl or cyclic N) is 1. The first kappa shape index (κ1) is 15.3. The van der Waals surface area contributed by atoms with Gasteiger partial charge in [-0.1, -0.05) is 30.7 Å². The van der Waals surface area contributed by atoms with Crippen LogP contribution in [0, 0.1) is 0 Å². The van der Waals surface area contributed by atoms with Crippen LogP contribution in [0.25, 0.3) is 0 Å². The normalized spacial score (nSPS) is 17.6. The molecule has 0 aliphatic carbocycles. The highest BCUT2D eigenvalue weighted by atomic mass is 35.5. The number of hydrogen-bond acceptors (Lipinski definition) is 3. The summed E-state index contributed by atoms with van der Waals surface area (Å²) in [6, 6.07) is 7.65. The van der Waals surface area contributed by atoms with Gasteiger partial charge in [0.15, 0.2) is 0 Å². The van der Waals surface area contributed by atoms with Crippen molar-refractivity contribution in [2.45, 2.75) is 25.4 Å². The molecule has 1 aromatic carbocycles. The Kier molecular flexibility index (Phi) is 5.02. The Morgan fingerprint density at radius 2 is 2.25 bits per heavy atom. The van der Waals surface area contributed by atoms with Crippen LogP contribution in [0.2, 0.25) is 5.02 Å². The van der Waals surface area contributed by atoms with Crippen LogP contribution < -0.4 is 5.32 Å². The van der Waals surface area contributed by atoms with Crippen LogP contribution in [0.1, 0.15) is 18.9 Å². The van der Waals surface area contributed by atoms with Gasteiger partial charge in [-0.2, -0.15) is 0 Å². The molecule has 20 heavy (non-hydrogen) atoms. The molecule has 4 nitrogen and oxygen atoms in total. The zero-order valence-electron chi connectivity index (χ0n) is 11.7. The monoisotopic (exact) mass is 296 g/mol. The summed E-state index contributed by atoms with van der Waals surface area (Å²) in [6.45, 7) is 4.10. The average Bonchev–Trinajstić information content (AvgIpc) is 2.37. The van der Waals surface area contributed by atoms with E-state index in [1.54, 1.807) is 0 Å². The van der Waals surface area contributed by atoms with Gasteiger partial charge in [-0.15, -0.1) is 0 Å². The van der Waals surface area contributed by atoms with Crippen molar-refractivity contribution in [2.24, 2.45) is 0 Å². The molecule has 1 aliphatic rings. The van der Waals surface area contributed by atoms with Gasteiger partial charge < -0.3 is 10.4 Å². The van der Waals surface area contributed by atoms with Crippen molar-refractivity contribution in [1.29, 1.82) is 0 Å². The summed E-state index contributed by atoms with van der Waals surface area (Å²) in [4.78, 5) is 13.7. The molecule has 0 aromatic heterocycles. The molecule has 1 heterocycles. The second-order valence-electron chi connectivity index (χ2n) is 5.45. The Labute approximate surface area is 124 Å². The van der Waals surface area contributed by atoms with E-state index in [9.17, 15) is 9.90 Å². The van der Waals surface area contributed by atoms with Crippen LogP contribution in [-0.4, -0.2) is 47.7 Å². The van der Waals surface area contributed by atoms with Crippen molar-refractivity contribution in [1.82, 2.24) is 10.2 Å². The molecule has 0 saturated carbocycles. The summed E-state index contributed by atoms with van der Waals surface area (Å²) in [7, 11) is 0. The van der Waals surface area contributed by atoms with Gasteiger partial charge in [0.1, 0.15) is 0 Å². The predicted octanol–water partition coefficient (Wildman–Crippen LogP) is 1.46. The van der Waals surface area contributed by atoms with E-state index in [2.05, 4.69) is 5.32 Å². The minimum atomic E-state index is -0.582. The summed E-state index contributed by atoms with van der Waals surface area (Å²) in [5, 5.41) is 13.5. The Hall–Kier alpha value is -1.10. The number of nitrogens with one attached hydrogen (secondary N) is 1. The van der Waals surface area contributed by atoms with Crippen LogP contribution in [0.5, 0.6) is 0 Å². The number of amides is 1. The lowest BCUT2D eigenvalue weighted by Crippen LogP contribution is -2.63. The Balaban J connectivity index is 1.64. The average molecular weight is 297 g/mol. The molecule has 1 aromatic rings. The lowest BCUT2D eigenvalue weighted by atomic mass is 9.91. The Morgan fingerprint density at radius 3 is 2.90 bits per heavy atom. The second-order valence-corrected chi connectivity index (χ2v) is 5.89. The smallest absolute Gasteiger partial charge is 0.234 e. The SMILES string of the molecule is CCC1(O)CN(CC(=O)NCCc2cccc(Cl)c2)C1. The standard InChI is InChI=1S/C15H21ClN2O2/c1-2-15(20)10-18(11-15)9-14(19)17-7-6-12-4-3-5-13(16)8-12/h3-5,8,20H,2,6-7,9-11H2,1H3,(H,17,19). The van der Waals surface area contributed by atoms with Gasteiger partial charge in [0.2, 0.25) is 5.91 Å². The lowest BCUT2D eigenvalue weighted by molar-refractivity contribution is -0.132. The van der Waals surface area contributed by atoms with E-state index in [1.165, 1.54) is 0 Å². The van der Waals surface area contributed by atoms with Gasteiger partial charge in [0.05, 0.1) is 12.1 Å². The first-order valence-electron chi connectivity index (χ1n) is 6.97. The van der Waals surface area contributed by atoms with Gasteiger partial charge in [-0.25, -0.2) is 0 Å². The molecule has 1 saturated heterocycles. The van der Waals surface area contributed by atoms with E-state index >= 15 is 0 Å². The largest absolute Gasteiger partial charge is 0.387 e. The Morgan fingerprint density at radius 1 is 1.50 bits per heavy atom. The van der Waals surface area contributed by atoms with E-state index in [0.29, 0.717) is 31.2 Å². The van der Waals surface area contributed by atoms with E-state index < -0.39 is 5.60 Å². The van der Waals surface area contributed by atoms with Crippen LogP contribution in [0.15, 0.2) is 24.3 Å². The van der Waals surface area contributed by atoms with Crippen molar-refractivity contribution in [3.63, 3.8) is 0 Å². The van der Waals surface area contributed by atoms with Crippen molar-refractivity contribution in [3.05, 3.63) is 34.9 Å². The maximum atomic E-state index is 11.7. The van der Waals surface area contributed by atoms with Crippen molar-refractivity contribution < 1.29 is 9.90 Å². The molecule has 0 atom stereocenters. The molecule has 0 unspecified atom stereocenters. The van der Waals surface area contributed by atoms with Crippen molar-refractivity contribution in [2.75, 3.05) is 26.2 Å². The number of aliphatic hydroxyl groups is 1. The summed E-state index contributed by atoms with van der Waals surface area (Å²) in [6.07, 6.45) is 1.51. The van der Waals surface area contributed by atoms with E-state index in [0.717, 1.165) is 18.4 Å². The fourth-order valence-corrected chi connectivity index (χ4v) is 2.63. The first-order chi connectivity index (χ1) is 9.50. The zero-order chi connectivity index (χ0) is 14.6. The van der Waals surface area contributed by atoms with E-state index in [1.807, 2.05) is 36.1 Å². The van der Waals surface area contributed by atoms with E-state index in [-0.39, 0.29) is 5.91 Å². The molecule has 0 bridgehead atoms. The van der Waals surface area contributed by atoms with Crippen LogP contribution in [-0.2, 0) is 11.2 Å². The highest BCUT2D eigenvalue weighted by Crippen LogP contribution is 2.23. The number of carbonyl (C=O) groups excluding carboxylic acids is 1. The van der Waals surface area contributed by atoms with Crippen molar-refractivity contribution >= 4 is 17.5 Å². The number of halogens is 1. The number of rotatable bonds is 6. The van der Waals surface area contributed by atoms with Gasteiger partial charge in [0.25, 0.3) is 0 Å².